The van der Waals surface area contributed by atoms with Crippen molar-refractivity contribution < 1.29 is 9.84 Å². The topological polar surface area (TPSA) is 41.5 Å². The molecule has 20 heavy (non-hydrogen) atoms. The van der Waals surface area contributed by atoms with Crippen LogP contribution >= 0.6 is 27.5 Å². The van der Waals surface area contributed by atoms with Crippen molar-refractivity contribution >= 4 is 33.2 Å². The second kappa shape index (κ2) is 6.97. The molecule has 5 heteroatoms. The first-order valence-corrected chi connectivity index (χ1v) is 7.27. The molecule has 0 radical (unpaired) electrons. The molecular weight excluding hydrogens is 342 g/mol. The summed E-state index contributed by atoms with van der Waals surface area (Å²) in [6, 6.07) is 13.0. The lowest BCUT2D eigenvalue weighted by Crippen LogP contribution is -2.14. The number of methoxy groups -OCH3 is 1. The minimum Gasteiger partial charge on any atom is -0.495 e. The zero-order chi connectivity index (χ0) is 14.5. The van der Waals surface area contributed by atoms with Gasteiger partial charge in [0, 0.05) is 10.2 Å². The molecule has 106 valence electrons. The fourth-order valence-electron chi connectivity index (χ4n) is 1.91. The number of hydrogen-bond acceptors (Lipinski definition) is 3. The van der Waals surface area contributed by atoms with Gasteiger partial charge < -0.3 is 15.2 Å². The fraction of sp³-hybridized carbons (Fsp3) is 0.200. The molecule has 0 amide bonds. The Labute approximate surface area is 131 Å². The van der Waals surface area contributed by atoms with Gasteiger partial charge >= 0.3 is 0 Å². The fourth-order valence-corrected chi connectivity index (χ4v) is 2.58. The van der Waals surface area contributed by atoms with Gasteiger partial charge in [0.25, 0.3) is 0 Å². The average molecular weight is 357 g/mol. The molecule has 0 fully saturated rings. The zero-order valence-corrected chi connectivity index (χ0v) is 13.3. The number of aliphatic hydroxyl groups excluding tert-OH is 1. The second-order valence-corrected chi connectivity index (χ2v) is 5.61. The van der Waals surface area contributed by atoms with Gasteiger partial charge in [-0.2, -0.15) is 0 Å². The van der Waals surface area contributed by atoms with E-state index in [-0.39, 0.29) is 12.6 Å². The number of halogens is 2. The van der Waals surface area contributed by atoms with E-state index in [1.165, 1.54) is 0 Å². The molecule has 0 bridgehead atoms. The predicted octanol–water partition coefficient (Wildman–Crippen LogP) is 4.26. The highest BCUT2D eigenvalue weighted by Crippen LogP contribution is 2.29. The first-order valence-electron chi connectivity index (χ1n) is 6.10. The molecule has 0 aliphatic rings. The molecule has 0 aromatic heterocycles. The van der Waals surface area contributed by atoms with Crippen molar-refractivity contribution in [3.05, 3.63) is 57.5 Å². The van der Waals surface area contributed by atoms with E-state index in [0.717, 1.165) is 15.7 Å². The summed E-state index contributed by atoms with van der Waals surface area (Å²) in [6.45, 7) is -0.0326. The van der Waals surface area contributed by atoms with Gasteiger partial charge in [0.05, 0.1) is 24.8 Å². The standard InChI is InChI=1S/C15H15BrClNO2/c1-20-15-6-5-10(7-13(15)17)14(9-19)18-12-4-2-3-11(16)8-12/h2-8,14,18-19H,9H2,1H3. The summed E-state index contributed by atoms with van der Waals surface area (Å²) in [5.41, 5.74) is 1.82. The van der Waals surface area contributed by atoms with Crippen LogP contribution in [0.4, 0.5) is 5.69 Å². The minimum absolute atomic E-state index is 0.0326. The Morgan fingerprint density at radius 1 is 1.30 bits per heavy atom. The van der Waals surface area contributed by atoms with Crippen LogP contribution in [0.5, 0.6) is 5.75 Å². The first kappa shape index (κ1) is 15.2. The van der Waals surface area contributed by atoms with E-state index in [0.29, 0.717) is 10.8 Å². The largest absolute Gasteiger partial charge is 0.495 e. The number of hydrogen-bond donors (Lipinski definition) is 2. The van der Waals surface area contributed by atoms with Crippen LogP contribution in [0.3, 0.4) is 0 Å². The van der Waals surface area contributed by atoms with Gasteiger partial charge in [0.2, 0.25) is 0 Å². The molecule has 2 aromatic carbocycles. The van der Waals surface area contributed by atoms with Crippen molar-refractivity contribution in [2.45, 2.75) is 6.04 Å². The van der Waals surface area contributed by atoms with E-state index in [2.05, 4.69) is 21.2 Å². The third-order valence-electron chi connectivity index (χ3n) is 2.93. The maximum Gasteiger partial charge on any atom is 0.137 e. The number of aliphatic hydroxyl groups is 1. The molecule has 0 aliphatic carbocycles. The summed E-state index contributed by atoms with van der Waals surface area (Å²) >= 11 is 9.54. The monoisotopic (exact) mass is 355 g/mol. The smallest absolute Gasteiger partial charge is 0.137 e. The lowest BCUT2D eigenvalue weighted by atomic mass is 10.1. The van der Waals surface area contributed by atoms with Gasteiger partial charge in [0.1, 0.15) is 5.75 Å². The number of ether oxygens (including phenoxy) is 1. The van der Waals surface area contributed by atoms with E-state index in [1.807, 2.05) is 30.3 Å². The number of nitrogens with one attached hydrogen (secondary N) is 1. The minimum atomic E-state index is -0.229. The molecule has 1 unspecified atom stereocenters. The number of anilines is 1. The van der Waals surface area contributed by atoms with Gasteiger partial charge in [-0.25, -0.2) is 0 Å². The Bertz CT molecular complexity index is 592. The Hall–Kier alpha value is -1.23. The van der Waals surface area contributed by atoms with E-state index < -0.39 is 0 Å². The molecule has 2 rings (SSSR count). The Kier molecular flexibility index (Phi) is 5.29. The molecule has 0 heterocycles. The van der Waals surface area contributed by atoms with Crippen LogP contribution in [0.25, 0.3) is 0 Å². The van der Waals surface area contributed by atoms with Crippen LogP contribution in [-0.4, -0.2) is 18.8 Å². The molecule has 0 saturated heterocycles. The maximum absolute atomic E-state index is 9.58. The van der Waals surface area contributed by atoms with Crippen molar-refractivity contribution in [3.8, 4) is 5.75 Å². The van der Waals surface area contributed by atoms with Gasteiger partial charge in [-0.05, 0) is 35.9 Å². The summed E-state index contributed by atoms with van der Waals surface area (Å²) in [5.74, 6) is 0.620. The van der Waals surface area contributed by atoms with E-state index in [4.69, 9.17) is 16.3 Å². The Balaban J connectivity index is 2.22. The highest BCUT2D eigenvalue weighted by molar-refractivity contribution is 9.10. The van der Waals surface area contributed by atoms with Gasteiger partial charge in [-0.3, -0.25) is 0 Å². The molecule has 0 saturated carbocycles. The number of rotatable bonds is 5. The third kappa shape index (κ3) is 3.66. The summed E-state index contributed by atoms with van der Waals surface area (Å²) in [4.78, 5) is 0. The summed E-state index contributed by atoms with van der Waals surface area (Å²) in [5, 5.41) is 13.4. The SMILES string of the molecule is COc1ccc(C(CO)Nc2cccc(Br)c2)cc1Cl. The molecule has 2 aromatic rings. The van der Waals surface area contributed by atoms with Gasteiger partial charge in [-0.15, -0.1) is 0 Å². The van der Waals surface area contributed by atoms with Gasteiger partial charge in [-0.1, -0.05) is 39.7 Å². The predicted molar refractivity (Wildman–Crippen MR) is 85.6 cm³/mol. The van der Waals surface area contributed by atoms with Crippen LogP contribution in [0.1, 0.15) is 11.6 Å². The highest BCUT2D eigenvalue weighted by Gasteiger charge is 2.12. The number of benzene rings is 2. The quantitative estimate of drug-likeness (QED) is 0.841. The molecule has 3 nitrogen and oxygen atoms in total. The van der Waals surface area contributed by atoms with Crippen LogP contribution in [0.2, 0.25) is 5.02 Å². The van der Waals surface area contributed by atoms with Crippen LogP contribution in [0.15, 0.2) is 46.9 Å². The lowest BCUT2D eigenvalue weighted by molar-refractivity contribution is 0.276. The molecule has 0 aliphatic heterocycles. The van der Waals surface area contributed by atoms with Crippen LogP contribution < -0.4 is 10.1 Å². The normalized spacial score (nSPS) is 12.0. The van der Waals surface area contributed by atoms with E-state index in [9.17, 15) is 5.11 Å². The zero-order valence-electron chi connectivity index (χ0n) is 10.9. The third-order valence-corrected chi connectivity index (χ3v) is 3.71. The summed E-state index contributed by atoms with van der Waals surface area (Å²) in [6.07, 6.45) is 0. The van der Waals surface area contributed by atoms with Crippen molar-refractivity contribution in [3.63, 3.8) is 0 Å². The molecule has 1 atom stereocenters. The summed E-state index contributed by atoms with van der Waals surface area (Å²) < 4.78 is 6.10. The molecule has 2 N–H and O–H groups in total. The second-order valence-electron chi connectivity index (χ2n) is 4.28. The van der Waals surface area contributed by atoms with Crippen molar-refractivity contribution in [1.29, 1.82) is 0 Å². The van der Waals surface area contributed by atoms with Crippen molar-refractivity contribution in [2.24, 2.45) is 0 Å². The Morgan fingerprint density at radius 3 is 2.70 bits per heavy atom. The van der Waals surface area contributed by atoms with Crippen LogP contribution in [-0.2, 0) is 0 Å². The Morgan fingerprint density at radius 2 is 2.10 bits per heavy atom. The first-order chi connectivity index (χ1) is 9.63. The summed E-state index contributed by atoms with van der Waals surface area (Å²) in [7, 11) is 1.57. The lowest BCUT2D eigenvalue weighted by Gasteiger charge is -2.19. The van der Waals surface area contributed by atoms with E-state index >= 15 is 0 Å². The maximum atomic E-state index is 9.58. The highest BCUT2D eigenvalue weighted by atomic mass is 79.9. The van der Waals surface area contributed by atoms with Crippen molar-refractivity contribution in [2.75, 3.05) is 19.0 Å². The van der Waals surface area contributed by atoms with Crippen LogP contribution in [0, 0.1) is 0 Å². The average Bonchev–Trinajstić information content (AvgIpc) is 2.44. The molecule has 0 spiro atoms. The van der Waals surface area contributed by atoms with Crippen molar-refractivity contribution in [1.82, 2.24) is 0 Å². The van der Waals surface area contributed by atoms with Gasteiger partial charge in [0.15, 0.2) is 0 Å². The van der Waals surface area contributed by atoms with E-state index in [1.54, 1.807) is 19.2 Å². The molecular formula is C15H15BrClNO2.